The molecule has 3 saturated heterocycles. The maximum Gasteiger partial charge on any atom is 0.206 e. The molecule has 3 aliphatic rings. The lowest BCUT2D eigenvalue weighted by Gasteiger charge is -2.51. The van der Waals surface area contributed by atoms with Gasteiger partial charge in [-0.05, 0) is 50.0 Å². The topological polar surface area (TPSA) is 117 Å². The first-order valence-electron chi connectivity index (χ1n) is 13.2. The highest BCUT2D eigenvalue weighted by Crippen LogP contribution is 2.32. The van der Waals surface area contributed by atoms with Gasteiger partial charge in [-0.2, -0.15) is 0 Å². The third-order valence-corrected chi connectivity index (χ3v) is 7.78. The number of para-hydroxylation sites is 1. The van der Waals surface area contributed by atoms with Crippen molar-refractivity contribution in [2.45, 2.75) is 37.9 Å². The second-order valence-corrected chi connectivity index (χ2v) is 10.1. The van der Waals surface area contributed by atoms with E-state index >= 15 is 0 Å². The minimum Gasteiger partial charge on any atom is -0.507 e. The largest absolute Gasteiger partial charge is 0.507 e. The summed E-state index contributed by atoms with van der Waals surface area (Å²) in [4.78, 5) is 16.1. The Bertz CT molecular complexity index is 1360. The standard InChI is InChI=1S/C28H32N8O2/c1-19-9-12-34(24-16-23(32-33-28(24)29)22-5-2-3-6-25(22)37)13-14-35(19)27-8-10-30-26(31-27)7-4-11-36-20-15-21(36)18-38-17-20/h2-3,5-6,8,10,16,19-21,37H,9,11-15,17-18H2,1H3,(H2,29,33). The van der Waals surface area contributed by atoms with Crippen molar-refractivity contribution in [1.29, 1.82) is 0 Å². The Morgan fingerprint density at radius 1 is 1.11 bits per heavy atom. The Balaban J connectivity index is 1.16. The number of anilines is 3. The highest BCUT2D eigenvalue weighted by Gasteiger charge is 2.41. The van der Waals surface area contributed by atoms with E-state index in [9.17, 15) is 5.11 Å². The Hall–Kier alpha value is -3.94. The van der Waals surface area contributed by atoms with Crippen molar-refractivity contribution < 1.29 is 9.84 Å². The average Bonchev–Trinajstić information content (AvgIpc) is 3.13. The number of rotatable bonds is 4. The van der Waals surface area contributed by atoms with E-state index in [1.165, 1.54) is 6.42 Å². The van der Waals surface area contributed by atoms with Crippen LogP contribution in [0.5, 0.6) is 5.75 Å². The highest BCUT2D eigenvalue weighted by molar-refractivity contribution is 5.74. The Labute approximate surface area is 222 Å². The molecule has 3 unspecified atom stereocenters. The van der Waals surface area contributed by atoms with Crippen LogP contribution in [0.4, 0.5) is 17.3 Å². The quantitative estimate of drug-likeness (QED) is 0.504. The normalized spacial score (nSPS) is 23.2. The molecule has 2 bridgehead atoms. The van der Waals surface area contributed by atoms with Crippen molar-refractivity contribution in [2.75, 3.05) is 54.9 Å². The van der Waals surface area contributed by atoms with Crippen LogP contribution < -0.4 is 15.5 Å². The predicted molar refractivity (Wildman–Crippen MR) is 146 cm³/mol. The number of fused-ring (bicyclic) bond motifs is 2. The van der Waals surface area contributed by atoms with Crippen LogP contribution in [0.15, 0.2) is 42.6 Å². The second kappa shape index (κ2) is 10.4. The van der Waals surface area contributed by atoms with Crippen LogP contribution in [-0.2, 0) is 4.74 Å². The third kappa shape index (κ3) is 4.83. The van der Waals surface area contributed by atoms with Gasteiger partial charge in [0.15, 0.2) is 5.82 Å². The number of hydrogen-bond donors (Lipinski definition) is 2. The van der Waals surface area contributed by atoms with Crippen LogP contribution in [0.2, 0.25) is 0 Å². The lowest BCUT2D eigenvalue weighted by atomic mass is 9.91. The summed E-state index contributed by atoms with van der Waals surface area (Å²) in [5.41, 5.74) is 8.31. The maximum atomic E-state index is 10.3. The number of benzene rings is 1. The van der Waals surface area contributed by atoms with Gasteiger partial charge in [-0.3, -0.25) is 4.90 Å². The molecule has 10 nitrogen and oxygen atoms in total. The van der Waals surface area contributed by atoms with Gasteiger partial charge in [0.1, 0.15) is 11.6 Å². The molecule has 0 radical (unpaired) electrons. The summed E-state index contributed by atoms with van der Waals surface area (Å²) >= 11 is 0. The summed E-state index contributed by atoms with van der Waals surface area (Å²) in [6.45, 7) is 6.87. The molecule has 0 saturated carbocycles. The summed E-state index contributed by atoms with van der Waals surface area (Å²) < 4.78 is 5.56. The van der Waals surface area contributed by atoms with Gasteiger partial charge >= 0.3 is 0 Å². The summed E-state index contributed by atoms with van der Waals surface area (Å²) in [6.07, 6.45) is 3.92. The van der Waals surface area contributed by atoms with Crippen LogP contribution in [-0.4, -0.2) is 87.7 Å². The predicted octanol–water partition coefficient (Wildman–Crippen LogP) is 2.15. The van der Waals surface area contributed by atoms with Crippen molar-refractivity contribution in [3.8, 4) is 28.8 Å². The van der Waals surface area contributed by atoms with Gasteiger partial charge in [0.2, 0.25) is 5.82 Å². The molecule has 0 spiro atoms. The van der Waals surface area contributed by atoms with Crippen molar-refractivity contribution >= 4 is 17.3 Å². The van der Waals surface area contributed by atoms with Crippen molar-refractivity contribution in [2.24, 2.45) is 0 Å². The zero-order valence-corrected chi connectivity index (χ0v) is 21.5. The van der Waals surface area contributed by atoms with Gasteiger partial charge in [-0.1, -0.05) is 18.1 Å². The number of phenols is 1. The molecule has 10 heteroatoms. The SMILES string of the molecule is CC1CCN(c2cc(-c3ccccc3O)nnc2N)CCN1c1ccnc(C#CCN2C3COCC2C3)n1. The third-order valence-electron chi connectivity index (χ3n) is 7.78. The summed E-state index contributed by atoms with van der Waals surface area (Å²) in [5, 5.41) is 18.7. The summed E-state index contributed by atoms with van der Waals surface area (Å²) in [5.74, 6) is 8.40. The second-order valence-electron chi connectivity index (χ2n) is 10.1. The number of phenolic OH excluding ortho intramolecular Hbond substituents is 1. The lowest BCUT2D eigenvalue weighted by Crippen LogP contribution is -2.63. The Morgan fingerprint density at radius 3 is 2.76 bits per heavy atom. The molecule has 5 heterocycles. The molecule has 3 aromatic rings. The van der Waals surface area contributed by atoms with E-state index in [-0.39, 0.29) is 11.8 Å². The maximum absolute atomic E-state index is 10.3. The first-order valence-corrected chi connectivity index (χ1v) is 13.2. The number of nitrogens with two attached hydrogens (primary N) is 1. The van der Waals surface area contributed by atoms with Crippen LogP contribution in [0.1, 0.15) is 25.6 Å². The summed E-state index contributed by atoms with van der Waals surface area (Å²) in [6, 6.07) is 12.3. The molecule has 1 aromatic carbocycles. The number of hydrogen-bond acceptors (Lipinski definition) is 10. The zero-order chi connectivity index (χ0) is 26.1. The van der Waals surface area contributed by atoms with Crippen molar-refractivity contribution in [3.05, 3.63) is 48.4 Å². The van der Waals surface area contributed by atoms with Gasteiger partial charge < -0.3 is 25.4 Å². The molecule has 38 heavy (non-hydrogen) atoms. The first-order chi connectivity index (χ1) is 18.6. The lowest BCUT2D eigenvalue weighted by molar-refractivity contribution is -0.120. The molecule has 3 aliphatic heterocycles. The van der Waals surface area contributed by atoms with E-state index in [2.05, 4.69) is 48.6 Å². The van der Waals surface area contributed by atoms with Crippen LogP contribution in [0.25, 0.3) is 11.3 Å². The van der Waals surface area contributed by atoms with E-state index in [4.69, 9.17) is 15.5 Å². The molecule has 2 aromatic heterocycles. The van der Waals surface area contributed by atoms with E-state index in [0.717, 1.165) is 57.3 Å². The fraction of sp³-hybridized carbons (Fsp3) is 0.429. The van der Waals surface area contributed by atoms with Crippen LogP contribution >= 0.6 is 0 Å². The Kier molecular flexibility index (Phi) is 6.70. The molecule has 196 valence electrons. The number of ether oxygens (including phenoxy) is 1. The fourth-order valence-electron chi connectivity index (χ4n) is 5.56. The fourth-order valence-corrected chi connectivity index (χ4v) is 5.56. The number of nitrogen functional groups attached to an aromatic ring is 1. The van der Waals surface area contributed by atoms with Gasteiger partial charge in [-0.25, -0.2) is 9.97 Å². The monoisotopic (exact) mass is 512 g/mol. The molecular weight excluding hydrogens is 480 g/mol. The minimum atomic E-state index is 0.164. The van der Waals surface area contributed by atoms with Gasteiger partial charge in [0.05, 0.1) is 31.1 Å². The van der Waals surface area contributed by atoms with Crippen LogP contribution in [0, 0.1) is 11.8 Å². The molecule has 0 aliphatic carbocycles. The van der Waals surface area contributed by atoms with Crippen LogP contribution in [0.3, 0.4) is 0 Å². The van der Waals surface area contributed by atoms with E-state index < -0.39 is 0 Å². The molecule has 0 amide bonds. The van der Waals surface area contributed by atoms with Gasteiger partial charge in [-0.15, -0.1) is 10.2 Å². The smallest absolute Gasteiger partial charge is 0.206 e. The highest BCUT2D eigenvalue weighted by atomic mass is 16.5. The minimum absolute atomic E-state index is 0.164. The van der Waals surface area contributed by atoms with Gasteiger partial charge in [0.25, 0.3) is 0 Å². The van der Waals surface area contributed by atoms with E-state index in [1.54, 1.807) is 18.3 Å². The number of aromatic hydroxyl groups is 1. The molecule has 3 N–H and O–H groups in total. The molecular formula is C28H32N8O2. The zero-order valence-electron chi connectivity index (χ0n) is 21.5. The Morgan fingerprint density at radius 2 is 1.95 bits per heavy atom. The number of morpholine rings is 1. The molecule has 3 fully saturated rings. The van der Waals surface area contributed by atoms with Gasteiger partial charge in [0, 0.05) is 49.5 Å². The average molecular weight is 513 g/mol. The van der Waals surface area contributed by atoms with E-state index in [1.807, 2.05) is 24.3 Å². The van der Waals surface area contributed by atoms with Crippen molar-refractivity contribution in [1.82, 2.24) is 25.1 Å². The van der Waals surface area contributed by atoms with E-state index in [0.29, 0.717) is 35.0 Å². The molecule has 3 atom stereocenters. The first kappa shape index (κ1) is 24.4. The number of nitrogens with zero attached hydrogens (tertiary/aromatic N) is 7. The van der Waals surface area contributed by atoms with Crippen molar-refractivity contribution in [3.63, 3.8) is 0 Å². The molecule has 6 rings (SSSR count). The number of aromatic nitrogens is 4. The summed E-state index contributed by atoms with van der Waals surface area (Å²) in [7, 11) is 0.